The van der Waals surface area contributed by atoms with Gasteiger partial charge in [-0.1, -0.05) is 46.6 Å². The van der Waals surface area contributed by atoms with E-state index in [0.717, 1.165) is 11.8 Å². The minimum atomic E-state index is 0.634. The summed E-state index contributed by atoms with van der Waals surface area (Å²) in [5.41, 5.74) is 0. The van der Waals surface area contributed by atoms with E-state index in [1.807, 2.05) is 7.05 Å². The van der Waals surface area contributed by atoms with Crippen molar-refractivity contribution in [2.75, 3.05) is 26.7 Å². The van der Waals surface area contributed by atoms with E-state index in [2.05, 4.69) is 50.6 Å². The number of nitrogens with one attached hydrogen (secondary N) is 1. The van der Waals surface area contributed by atoms with Crippen LogP contribution in [0.5, 0.6) is 0 Å². The molecule has 0 aromatic rings. The van der Waals surface area contributed by atoms with Crippen LogP contribution >= 0.6 is 0 Å². The zero-order chi connectivity index (χ0) is 16.1. The van der Waals surface area contributed by atoms with Gasteiger partial charge in [-0.05, 0) is 64.2 Å². The lowest BCUT2D eigenvalue weighted by Gasteiger charge is -2.31. The average Bonchev–Trinajstić information content (AvgIpc) is 2.46. The monoisotopic (exact) mass is 296 g/mol. The molecule has 2 nitrogen and oxygen atoms in total. The summed E-state index contributed by atoms with van der Waals surface area (Å²) < 4.78 is 0. The third-order valence-electron chi connectivity index (χ3n) is 4.29. The molecule has 0 aromatic carbocycles. The number of allylic oxidation sites excluding steroid dienone is 1. The first-order chi connectivity index (χ1) is 9.99. The summed E-state index contributed by atoms with van der Waals surface area (Å²) in [5, 5.41) is 3.03. The van der Waals surface area contributed by atoms with Crippen LogP contribution in [0.15, 0.2) is 12.7 Å². The van der Waals surface area contributed by atoms with Gasteiger partial charge in [0.15, 0.2) is 0 Å². The highest BCUT2D eigenvalue weighted by Gasteiger charge is 2.17. The topological polar surface area (TPSA) is 15.3 Å². The molecule has 0 unspecified atom stereocenters. The lowest BCUT2D eigenvalue weighted by Crippen LogP contribution is -2.34. The highest BCUT2D eigenvalue weighted by atomic mass is 15.1. The van der Waals surface area contributed by atoms with Gasteiger partial charge in [0.1, 0.15) is 0 Å². The molecule has 0 bridgehead atoms. The van der Waals surface area contributed by atoms with Gasteiger partial charge in [0.05, 0.1) is 0 Å². The zero-order valence-corrected chi connectivity index (χ0v) is 15.3. The van der Waals surface area contributed by atoms with Crippen LogP contribution in [0.3, 0.4) is 0 Å². The van der Waals surface area contributed by atoms with Crippen molar-refractivity contribution in [2.45, 2.75) is 72.3 Å². The number of likely N-dealkylation sites (tertiary alicyclic amines) is 1. The largest absolute Gasteiger partial charge is 0.318 e. The summed E-state index contributed by atoms with van der Waals surface area (Å²) in [6, 6.07) is 0.634. The molecule has 1 N–H and O–H groups in total. The Hall–Kier alpha value is -0.340. The third kappa shape index (κ3) is 13.1. The molecule has 126 valence electrons. The Kier molecular flexibility index (Phi) is 13.1. The van der Waals surface area contributed by atoms with Gasteiger partial charge in [-0.15, -0.1) is 6.58 Å². The lowest BCUT2D eigenvalue weighted by molar-refractivity contribution is 0.181. The molecule has 1 aliphatic rings. The van der Waals surface area contributed by atoms with Crippen molar-refractivity contribution in [2.24, 2.45) is 11.8 Å². The summed E-state index contributed by atoms with van der Waals surface area (Å²) >= 11 is 0. The molecule has 1 fully saturated rings. The van der Waals surface area contributed by atoms with Crippen molar-refractivity contribution in [1.82, 2.24) is 10.2 Å². The molecule has 0 spiro atoms. The Morgan fingerprint density at radius 2 is 1.71 bits per heavy atom. The van der Waals surface area contributed by atoms with Gasteiger partial charge in [0.25, 0.3) is 0 Å². The Balaban J connectivity index is 0.000000690. The Morgan fingerprint density at radius 1 is 1.14 bits per heavy atom. The SMILES string of the molecule is C=CCC1CCN(CCCCC(C)C)CC1.CNC(C)C. The van der Waals surface area contributed by atoms with Crippen molar-refractivity contribution in [1.29, 1.82) is 0 Å². The first-order valence-electron chi connectivity index (χ1n) is 9.00. The predicted molar refractivity (Wildman–Crippen MR) is 96.9 cm³/mol. The van der Waals surface area contributed by atoms with Crippen LogP contribution in [0.2, 0.25) is 0 Å². The van der Waals surface area contributed by atoms with Crippen LogP contribution in [0.1, 0.15) is 66.2 Å². The minimum absolute atomic E-state index is 0.634. The van der Waals surface area contributed by atoms with Gasteiger partial charge in [-0.2, -0.15) is 0 Å². The number of hydrogen-bond acceptors (Lipinski definition) is 2. The quantitative estimate of drug-likeness (QED) is 0.515. The van der Waals surface area contributed by atoms with E-state index in [1.165, 1.54) is 58.2 Å². The number of piperidine rings is 1. The summed E-state index contributed by atoms with van der Waals surface area (Å²) in [4.78, 5) is 2.65. The third-order valence-corrected chi connectivity index (χ3v) is 4.29. The van der Waals surface area contributed by atoms with Crippen molar-refractivity contribution in [3.05, 3.63) is 12.7 Å². The van der Waals surface area contributed by atoms with Crippen LogP contribution in [-0.2, 0) is 0 Å². The molecule has 0 radical (unpaired) electrons. The van der Waals surface area contributed by atoms with Gasteiger partial charge in [0, 0.05) is 6.04 Å². The molecule has 1 rings (SSSR count). The molecule has 1 aliphatic heterocycles. The molecule has 1 heterocycles. The van der Waals surface area contributed by atoms with Crippen molar-refractivity contribution in [3.63, 3.8) is 0 Å². The van der Waals surface area contributed by atoms with Gasteiger partial charge < -0.3 is 10.2 Å². The van der Waals surface area contributed by atoms with E-state index >= 15 is 0 Å². The van der Waals surface area contributed by atoms with Gasteiger partial charge in [0.2, 0.25) is 0 Å². The van der Waals surface area contributed by atoms with Crippen molar-refractivity contribution < 1.29 is 0 Å². The van der Waals surface area contributed by atoms with Gasteiger partial charge in [-0.25, -0.2) is 0 Å². The molecular weight excluding hydrogens is 256 g/mol. The van der Waals surface area contributed by atoms with Crippen LogP contribution in [-0.4, -0.2) is 37.6 Å². The van der Waals surface area contributed by atoms with Crippen molar-refractivity contribution in [3.8, 4) is 0 Å². The molecule has 0 saturated carbocycles. The van der Waals surface area contributed by atoms with Crippen molar-refractivity contribution >= 4 is 0 Å². The second-order valence-corrected chi connectivity index (χ2v) is 7.14. The van der Waals surface area contributed by atoms with E-state index in [1.54, 1.807) is 0 Å². The Bertz CT molecular complexity index is 228. The first-order valence-corrected chi connectivity index (χ1v) is 9.00. The lowest BCUT2D eigenvalue weighted by atomic mass is 9.93. The maximum atomic E-state index is 3.84. The number of rotatable bonds is 8. The van der Waals surface area contributed by atoms with E-state index < -0.39 is 0 Å². The number of nitrogens with zero attached hydrogens (tertiary/aromatic N) is 1. The Labute approximate surface area is 134 Å². The average molecular weight is 297 g/mol. The maximum Gasteiger partial charge on any atom is 0.000733 e. The smallest absolute Gasteiger partial charge is 0.000733 e. The highest BCUT2D eigenvalue weighted by Crippen LogP contribution is 2.21. The summed E-state index contributed by atoms with van der Waals surface area (Å²) in [6.07, 6.45) is 10.3. The van der Waals surface area contributed by atoms with Crippen LogP contribution in [0.25, 0.3) is 0 Å². The van der Waals surface area contributed by atoms with E-state index in [0.29, 0.717) is 6.04 Å². The minimum Gasteiger partial charge on any atom is -0.318 e. The van der Waals surface area contributed by atoms with E-state index in [4.69, 9.17) is 0 Å². The summed E-state index contributed by atoms with van der Waals surface area (Å²) in [7, 11) is 1.95. The summed E-state index contributed by atoms with van der Waals surface area (Å²) in [6.45, 7) is 16.7. The second-order valence-electron chi connectivity index (χ2n) is 7.14. The fraction of sp³-hybridized carbons (Fsp3) is 0.895. The fourth-order valence-corrected chi connectivity index (χ4v) is 2.57. The van der Waals surface area contributed by atoms with Crippen LogP contribution < -0.4 is 5.32 Å². The molecule has 1 saturated heterocycles. The van der Waals surface area contributed by atoms with E-state index in [9.17, 15) is 0 Å². The first kappa shape index (κ1) is 20.7. The van der Waals surface area contributed by atoms with Gasteiger partial charge >= 0.3 is 0 Å². The second kappa shape index (κ2) is 13.3. The molecule has 0 amide bonds. The van der Waals surface area contributed by atoms with E-state index in [-0.39, 0.29) is 0 Å². The van der Waals surface area contributed by atoms with Crippen LogP contribution in [0.4, 0.5) is 0 Å². The Morgan fingerprint density at radius 3 is 2.14 bits per heavy atom. The van der Waals surface area contributed by atoms with Gasteiger partial charge in [-0.3, -0.25) is 0 Å². The molecule has 0 aromatic heterocycles. The molecule has 0 atom stereocenters. The molecule has 2 heteroatoms. The summed E-state index contributed by atoms with van der Waals surface area (Å²) in [5.74, 6) is 1.79. The standard InChI is InChI=1S/C15H29N.C4H11N/c1-4-7-15-9-12-16(13-10-15)11-6-5-8-14(2)3;1-4(2)5-3/h4,14-15H,1,5-13H2,2-3H3;4-5H,1-3H3. The number of unbranched alkanes of at least 4 members (excludes halogenated alkanes) is 1. The molecule has 21 heavy (non-hydrogen) atoms. The fourth-order valence-electron chi connectivity index (χ4n) is 2.57. The highest BCUT2D eigenvalue weighted by molar-refractivity contribution is 4.78. The maximum absolute atomic E-state index is 3.84. The molecular formula is C19H40N2. The zero-order valence-electron chi connectivity index (χ0n) is 15.3. The predicted octanol–water partition coefficient (Wildman–Crippen LogP) is 4.72. The normalized spacial score (nSPS) is 16.9. The molecule has 0 aliphatic carbocycles. The number of hydrogen-bond donors (Lipinski definition) is 1. The van der Waals surface area contributed by atoms with Crippen LogP contribution in [0, 0.1) is 11.8 Å².